The van der Waals surface area contributed by atoms with Crippen LogP contribution in [0.1, 0.15) is 18.0 Å². The molecule has 0 spiro atoms. The molecule has 2 rings (SSSR count). The van der Waals surface area contributed by atoms with Crippen LogP contribution >= 0.6 is 0 Å². The lowest BCUT2D eigenvalue weighted by atomic mass is 10.1. The van der Waals surface area contributed by atoms with Crippen molar-refractivity contribution in [2.24, 2.45) is 5.73 Å². The zero-order valence-electron chi connectivity index (χ0n) is 8.71. The van der Waals surface area contributed by atoms with Crippen LogP contribution in [0.5, 0.6) is 0 Å². The molecular formula is C11H17N3O. The van der Waals surface area contributed by atoms with Gasteiger partial charge in [0.05, 0.1) is 6.10 Å². The Balaban J connectivity index is 2.11. The first-order chi connectivity index (χ1) is 7.31. The quantitative estimate of drug-likeness (QED) is 0.740. The molecule has 1 aliphatic rings. The summed E-state index contributed by atoms with van der Waals surface area (Å²) >= 11 is 0. The minimum absolute atomic E-state index is 0.194. The van der Waals surface area contributed by atoms with Gasteiger partial charge < -0.3 is 10.8 Å². The number of aliphatic hydroxyl groups is 1. The number of aliphatic hydroxyl groups excluding tert-OH is 1. The Kier molecular flexibility index (Phi) is 3.30. The van der Waals surface area contributed by atoms with Gasteiger partial charge in [-0.3, -0.25) is 9.88 Å². The lowest BCUT2D eigenvalue weighted by Gasteiger charge is -2.26. The fraction of sp³-hybridized carbons (Fsp3) is 0.545. The third kappa shape index (κ3) is 2.34. The molecule has 15 heavy (non-hydrogen) atoms. The van der Waals surface area contributed by atoms with E-state index in [9.17, 15) is 5.11 Å². The fourth-order valence-corrected chi connectivity index (χ4v) is 2.13. The number of hydrogen-bond acceptors (Lipinski definition) is 4. The van der Waals surface area contributed by atoms with Crippen molar-refractivity contribution in [1.29, 1.82) is 0 Å². The first-order valence-corrected chi connectivity index (χ1v) is 5.33. The highest BCUT2D eigenvalue weighted by Crippen LogP contribution is 2.23. The molecule has 3 N–H and O–H groups in total. The van der Waals surface area contributed by atoms with Gasteiger partial charge in [0.2, 0.25) is 0 Å². The molecule has 1 aromatic rings. The molecule has 0 saturated carbocycles. The second-order valence-electron chi connectivity index (χ2n) is 3.97. The Labute approximate surface area is 89.7 Å². The number of hydrogen-bond donors (Lipinski definition) is 2. The average molecular weight is 207 g/mol. The third-order valence-electron chi connectivity index (χ3n) is 2.95. The van der Waals surface area contributed by atoms with E-state index in [1.807, 2.05) is 12.1 Å². The maximum atomic E-state index is 9.50. The Hall–Kier alpha value is -0.970. The number of β-amino-alcohol motifs (C(OH)–C–C–N with tert-alkyl or cyclic N) is 1. The summed E-state index contributed by atoms with van der Waals surface area (Å²) in [4.78, 5) is 6.23. The molecule has 1 fully saturated rings. The van der Waals surface area contributed by atoms with Gasteiger partial charge in [-0.25, -0.2) is 0 Å². The van der Waals surface area contributed by atoms with E-state index in [-0.39, 0.29) is 12.1 Å². The highest BCUT2D eigenvalue weighted by Gasteiger charge is 2.26. The van der Waals surface area contributed by atoms with Gasteiger partial charge in [-0.1, -0.05) is 0 Å². The highest BCUT2D eigenvalue weighted by molar-refractivity contribution is 5.16. The van der Waals surface area contributed by atoms with E-state index >= 15 is 0 Å². The van der Waals surface area contributed by atoms with Crippen LogP contribution in [0.15, 0.2) is 24.5 Å². The molecule has 0 radical (unpaired) electrons. The number of rotatable bonds is 3. The summed E-state index contributed by atoms with van der Waals surface area (Å²) in [7, 11) is 0. The molecular weight excluding hydrogens is 190 g/mol. The number of nitrogens with two attached hydrogens (primary N) is 1. The molecule has 0 aromatic carbocycles. The number of aromatic nitrogens is 1. The minimum Gasteiger partial charge on any atom is -0.392 e. The Morgan fingerprint density at radius 2 is 2.27 bits per heavy atom. The maximum absolute atomic E-state index is 9.50. The fourth-order valence-electron chi connectivity index (χ4n) is 2.13. The molecule has 2 unspecified atom stereocenters. The van der Waals surface area contributed by atoms with E-state index in [1.165, 1.54) is 5.56 Å². The molecule has 0 aliphatic carbocycles. The number of likely N-dealkylation sites (tertiary alicyclic amines) is 1. The van der Waals surface area contributed by atoms with Gasteiger partial charge in [-0.15, -0.1) is 0 Å². The molecule has 4 nitrogen and oxygen atoms in total. The molecule has 2 atom stereocenters. The van der Waals surface area contributed by atoms with E-state index in [2.05, 4.69) is 9.88 Å². The minimum atomic E-state index is -0.194. The van der Waals surface area contributed by atoms with E-state index in [4.69, 9.17) is 5.73 Å². The molecule has 2 heterocycles. The summed E-state index contributed by atoms with van der Waals surface area (Å²) in [5.41, 5.74) is 6.97. The van der Waals surface area contributed by atoms with Crippen LogP contribution in [0.2, 0.25) is 0 Å². The lowest BCUT2D eigenvalue weighted by Crippen LogP contribution is -2.32. The molecule has 4 heteroatoms. The van der Waals surface area contributed by atoms with Crippen molar-refractivity contribution in [3.05, 3.63) is 30.1 Å². The lowest BCUT2D eigenvalue weighted by molar-refractivity contribution is 0.160. The largest absolute Gasteiger partial charge is 0.392 e. The number of pyridine rings is 1. The first-order valence-electron chi connectivity index (χ1n) is 5.33. The molecule has 0 bridgehead atoms. The van der Waals surface area contributed by atoms with Gasteiger partial charge in [0.15, 0.2) is 0 Å². The zero-order valence-corrected chi connectivity index (χ0v) is 8.71. The van der Waals surface area contributed by atoms with Gasteiger partial charge >= 0.3 is 0 Å². The maximum Gasteiger partial charge on any atom is 0.0679 e. The molecule has 1 aliphatic heterocycles. The number of nitrogens with zero attached hydrogens (tertiary/aromatic N) is 2. The summed E-state index contributed by atoms with van der Waals surface area (Å²) in [5, 5.41) is 9.50. The van der Waals surface area contributed by atoms with Crippen molar-refractivity contribution in [3.63, 3.8) is 0 Å². The Morgan fingerprint density at radius 3 is 2.80 bits per heavy atom. The second kappa shape index (κ2) is 4.70. The SMILES string of the molecule is NCC(c1ccncc1)N1CCC(O)C1. The second-order valence-corrected chi connectivity index (χ2v) is 3.97. The van der Waals surface area contributed by atoms with Crippen LogP contribution in [0.3, 0.4) is 0 Å². The predicted octanol–water partition coefficient (Wildman–Crippen LogP) is 0.148. The van der Waals surface area contributed by atoms with E-state index in [0.717, 1.165) is 19.5 Å². The molecule has 0 amide bonds. The van der Waals surface area contributed by atoms with Gasteiger partial charge in [0.1, 0.15) is 0 Å². The van der Waals surface area contributed by atoms with Crippen LogP contribution in [0, 0.1) is 0 Å². The monoisotopic (exact) mass is 207 g/mol. The van der Waals surface area contributed by atoms with Gasteiger partial charge in [0, 0.05) is 38.1 Å². The standard InChI is InChI=1S/C11H17N3O/c12-7-11(9-1-4-13-5-2-9)14-6-3-10(15)8-14/h1-2,4-5,10-11,15H,3,6-8,12H2. The molecule has 1 saturated heterocycles. The van der Waals surface area contributed by atoms with Gasteiger partial charge in [0.25, 0.3) is 0 Å². The Morgan fingerprint density at radius 1 is 1.53 bits per heavy atom. The van der Waals surface area contributed by atoms with Crippen LogP contribution in [-0.4, -0.2) is 40.7 Å². The van der Waals surface area contributed by atoms with Crippen molar-refractivity contribution in [1.82, 2.24) is 9.88 Å². The summed E-state index contributed by atoms with van der Waals surface area (Å²) < 4.78 is 0. The zero-order chi connectivity index (χ0) is 10.7. The van der Waals surface area contributed by atoms with Crippen molar-refractivity contribution >= 4 is 0 Å². The normalized spacial score (nSPS) is 24.3. The van der Waals surface area contributed by atoms with Crippen LogP contribution in [-0.2, 0) is 0 Å². The third-order valence-corrected chi connectivity index (χ3v) is 2.95. The van der Waals surface area contributed by atoms with Crippen LogP contribution < -0.4 is 5.73 Å². The van der Waals surface area contributed by atoms with Gasteiger partial charge in [-0.2, -0.15) is 0 Å². The summed E-state index contributed by atoms with van der Waals surface area (Å²) in [6.07, 6.45) is 4.22. The van der Waals surface area contributed by atoms with E-state index in [1.54, 1.807) is 12.4 Å². The van der Waals surface area contributed by atoms with Crippen molar-refractivity contribution in [2.75, 3.05) is 19.6 Å². The van der Waals surface area contributed by atoms with E-state index in [0.29, 0.717) is 6.54 Å². The highest BCUT2D eigenvalue weighted by atomic mass is 16.3. The summed E-state index contributed by atoms with van der Waals surface area (Å²) in [6, 6.07) is 4.19. The first kappa shape index (κ1) is 10.5. The predicted molar refractivity (Wildman–Crippen MR) is 58.2 cm³/mol. The van der Waals surface area contributed by atoms with Crippen molar-refractivity contribution < 1.29 is 5.11 Å². The Bertz CT molecular complexity index is 304. The molecule has 1 aromatic heterocycles. The summed E-state index contributed by atoms with van der Waals surface area (Å²) in [5.74, 6) is 0. The van der Waals surface area contributed by atoms with Crippen molar-refractivity contribution in [2.45, 2.75) is 18.6 Å². The van der Waals surface area contributed by atoms with E-state index < -0.39 is 0 Å². The molecule has 82 valence electrons. The van der Waals surface area contributed by atoms with Crippen LogP contribution in [0.4, 0.5) is 0 Å². The smallest absolute Gasteiger partial charge is 0.0679 e. The van der Waals surface area contributed by atoms with Crippen molar-refractivity contribution in [3.8, 4) is 0 Å². The topological polar surface area (TPSA) is 62.4 Å². The summed E-state index contributed by atoms with van der Waals surface area (Å²) in [6.45, 7) is 2.23. The van der Waals surface area contributed by atoms with Crippen LogP contribution in [0.25, 0.3) is 0 Å². The van der Waals surface area contributed by atoms with Gasteiger partial charge in [-0.05, 0) is 24.1 Å². The average Bonchev–Trinajstić information content (AvgIpc) is 2.68.